The first kappa shape index (κ1) is 12.7. The second-order valence-corrected chi connectivity index (χ2v) is 5.23. The van der Waals surface area contributed by atoms with E-state index >= 15 is 0 Å². The van der Waals surface area contributed by atoms with Crippen LogP contribution in [0, 0.1) is 12.0 Å². The first-order valence-corrected chi connectivity index (χ1v) is 6.85. The number of likely N-dealkylation sites (tertiary alicyclic amines) is 1. The molecule has 4 heteroatoms. The summed E-state index contributed by atoms with van der Waals surface area (Å²) in [7, 11) is 1.75. The number of nitrogens with zero attached hydrogens (tertiary/aromatic N) is 2. The average molecular weight is 268 g/mol. The smallest absolute Gasteiger partial charge is 0.237 e. The Bertz CT molecular complexity index is 634. The van der Waals surface area contributed by atoms with Crippen LogP contribution in [0.3, 0.4) is 0 Å². The van der Waals surface area contributed by atoms with E-state index in [1.807, 2.05) is 11.0 Å². The molecule has 0 atom stereocenters. The highest BCUT2D eigenvalue weighted by atomic mass is 16.2. The van der Waals surface area contributed by atoms with Gasteiger partial charge in [-0.2, -0.15) is 0 Å². The highest BCUT2D eigenvalue weighted by Crippen LogP contribution is 2.28. The summed E-state index contributed by atoms with van der Waals surface area (Å²) < 4.78 is 0. The summed E-state index contributed by atoms with van der Waals surface area (Å²) in [5, 5.41) is 0. The van der Waals surface area contributed by atoms with E-state index in [1.165, 1.54) is 0 Å². The van der Waals surface area contributed by atoms with Crippen LogP contribution in [0.25, 0.3) is 0 Å². The molecule has 0 aromatic heterocycles. The molecule has 1 saturated heterocycles. The third-order valence-corrected chi connectivity index (χ3v) is 3.85. The summed E-state index contributed by atoms with van der Waals surface area (Å²) in [6.45, 7) is 1.90. The highest BCUT2D eigenvalue weighted by molar-refractivity contribution is 6.10. The van der Waals surface area contributed by atoms with Gasteiger partial charge in [-0.1, -0.05) is 0 Å². The monoisotopic (exact) mass is 268 g/mol. The van der Waals surface area contributed by atoms with Crippen molar-refractivity contribution in [2.75, 3.05) is 25.0 Å². The molecule has 3 rings (SSSR count). The molecule has 2 aliphatic rings. The molecular formula is C16H16N2O2. The number of hydrogen-bond donors (Lipinski definition) is 0. The number of carbonyl (C=O) groups excluding carboxylic acids is 2. The van der Waals surface area contributed by atoms with E-state index in [-0.39, 0.29) is 11.7 Å². The van der Waals surface area contributed by atoms with Gasteiger partial charge in [0, 0.05) is 37.4 Å². The van der Waals surface area contributed by atoms with Crippen molar-refractivity contribution in [2.24, 2.45) is 0 Å². The number of carbonyl (C=O) groups is 2. The number of fused-ring (bicyclic) bond motifs is 1. The van der Waals surface area contributed by atoms with Crippen LogP contribution in [0.4, 0.5) is 5.69 Å². The van der Waals surface area contributed by atoms with Crippen LogP contribution in [-0.4, -0.2) is 36.7 Å². The lowest BCUT2D eigenvalue weighted by atomic mass is 10.1. The van der Waals surface area contributed by atoms with Gasteiger partial charge in [0.15, 0.2) is 0 Å². The number of anilines is 1. The van der Waals surface area contributed by atoms with Gasteiger partial charge in [0.1, 0.15) is 0 Å². The fraction of sp³-hybridized carbons (Fsp3) is 0.375. The molecule has 0 saturated carbocycles. The van der Waals surface area contributed by atoms with Crippen LogP contribution in [-0.2, 0) is 11.2 Å². The summed E-state index contributed by atoms with van der Waals surface area (Å²) >= 11 is 0. The van der Waals surface area contributed by atoms with Crippen molar-refractivity contribution in [3.8, 4) is 12.0 Å². The van der Waals surface area contributed by atoms with E-state index in [0.29, 0.717) is 12.0 Å². The quantitative estimate of drug-likeness (QED) is 0.571. The summed E-state index contributed by atoms with van der Waals surface area (Å²) in [5.74, 6) is 2.58. The predicted molar refractivity (Wildman–Crippen MR) is 76.5 cm³/mol. The molecular weight excluding hydrogens is 252 g/mol. The van der Waals surface area contributed by atoms with Crippen molar-refractivity contribution in [1.29, 1.82) is 0 Å². The Labute approximate surface area is 118 Å². The fourth-order valence-electron chi connectivity index (χ4n) is 2.64. The topological polar surface area (TPSA) is 40.6 Å². The number of amides is 1. The minimum atomic E-state index is -0.179. The fourth-order valence-corrected chi connectivity index (χ4v) is 2.64. The zero-order valence-electron chi connectivity index (χ0n) is 11.5. The van der Waals surface area contributed by atoms with Gasteiger partial charge >= 0.3 is 0 Å². The van der Waals surface area contributed by atoms with Crippen molar-refractivity contribution in [3.63, 3.8) is 0 Å². The van der Waals surface area contributed by atoms with Crippen molar-refractivity contribution in [1.82, 2.24) is 4.90 Å². The maximum absolute atomic E-state index is 12.1. The lowest BCUT2D eigenvalue weighted by Crippen LogP contribution is -2.20. The van der Waals surface area contributed by atoms with Crippen molar-refractivity contribution in [3.05, 3.63) is 29.3 Å². The second kappa shape index (κ2) is 5.01. The second-order valence-electron chi connectivity index (χ2n) is 5.23. The molecule has 20 heavy (non-hydrogen) atoms. The van der Waals surface area contributed by atoms with Crippen LogP contribution < -0.4 is 4.90 Å². The molecule has 0 aliphatic carbocycles. The molecule has 2 aliphatic heterocycles. The average Bonchev–Trinajstić information content (AvgIpc) is 3.05. The zero-order valence-corrected chi connectivity index (χ0v) is 11.5. The van der Waals surface area contributed by atoms with Crippen molar-refractivity contribution < 1.29 is 9.59 Å². The van der Waals surface area contributed by atoms with E-state index in [0.717, 1.165) is 37.2 Å². The van der Waals surface area contributed by atoms with Crippen LogP contribution in [0.1, 0.15) is 28.8 Å². The molecule has 1 amide bonds. The minimum absolute atomic E-state index is 0.0627. The molecule has 1 fully saturated rings. The van der Waals surface area contributed by atoms with E-state index in [2.05, 4.69) is 12.0 Å². The van der Waals surface area contributed by atoms with Crippen LogP contribution >= 0.6 is 0 Å². The summed E-state index contributed by atoms with van der Waals surface area (Å²) in [5.41, 5.74) is 2.36. The summed E-state index contributed by atoms with van der Waals surface area (Å²) in [6.07, 6.45) is 2.67. The van der Waals surface area contributed by atoms with Gasteiger partial charge in [0.05, 0.1) is 6.42 Å². The van der Waals surface area contributed by atoms with Crippen LogP contribution in [0.5, 0.6) is 0 Å². The Morgan fingerprint density at radius 3 is 2.75 bits per heavy atom. The molecule has 0 N–H and O–H groups in total. The maximum atomic E-state index is 12.1. The molecule has 0 unspecified atom stereocenters. The predicted octanol–water partition coefficient (Wildman–Crippen LogP) is 1.44. The standard InChI is InChI=1S/C16H16N2O2/c1-17-14-5-4-12(10-13(14)11-16(17)20)15(19)6-9-18-7-2-3-8-18/h4-5,10H,2-3,7-8,11H2,1H3. The van der Waals surface area contributed by atoms with Gasteiger partial charge in [-0.25, -0.2) is 0 Å². The molecule has 102 valence electrons. The van der Waals surface area contributed by atoms with E-state index in [9.17, 15) is 9.59 Å². The Hall–Kier alpha value is -2.28. The largest absolute Gasteiger partial charge is 0.332 e. The Morgan fingerprint density at radius 1 is 1.25 bits per heavy atom. The van der Waals surface area contributed by atoms with E-state index in [1.54, 1.807) is 24.1 Å². The summed E-state index contributed by atoms with van der Waals surface area (Å²) in [6, 6.07) is 8.28. The lowest BCUT2D eigenvalue weighted by Gasteiger charge is -2.09. The maximum Gasteiger partial charge on any atom is 0.237 e. The molecule has 0 bridgehead atoms. The third kappa shape index (κ3) is 2.27. The molecule has 0 spiro atoms. The number of likely N-dealkylation sites (N-methyl/N-ethyl adjacent to an activating group) is 1. The molecule has 1 aromatic carbocycles. The first-order chi connectivity index (χ1) is 9.65. The Kier molecular flexibility index (Phi) is 3.19. The van der Waals surface area contributed by atoms with Crippen LogP contribution in [0.15, 0.2) is 18.2 Å². The number of Topliss-reactive ketones (excluding diaryl/α,β-unsaturated/α-hetero) is 1. The van der Waals surface area contributed by atoms with E-state index < -0.39 is 0 Å². The SMILES string of the molecule is CN1C(=O)Cc2cc(C(=O)C#CN3CCCC3)ccc21. The van der Waals surface area contributed by atoms with Gasteiger partial charge in [0.25, 0.3) is 0 Å². The van der Waals surface area contributed by atoms with E-state index in [4.69, 9.17) is 0 Å². The molecule has 2 heterocycles. The minimum Gasteiger partial charge on any atom is -0.332 e. The molecule has 0 radical (unpaired) electrons. The Balaban J connectivity index is 1.80. The van der Waals surface area contributed by atoms with Crippen molar-refractivity contribution >= 4 is 17.4 Å². The van der Waals surface area contributed by atoms with Gasteiger partial charge in [-0.05, 0) is 42.5 Å². The van der Waals surface area contributed by atoms with Crippen molar-refractivity contribution in [2.45, 2.75) is 19.3 Å². The first-order valence-electron chi connectivity index (χ1n) is 6.85. The van der Waals surface area contributed by atoms with Gasteiger partial charge in [0.2, 0.25) is 11.7 Å². The normalized spacial score (nSPS) is 16.9. The molecule has 4 nitrogen and oxygen atoms in total. The zero-order chi connectivity index (χ0) is 14.1. The number of ketones is 1. The number of benzene rings is 1. The van der Waals surface area contributed by atoms with Gasteiger partial charge in [-0.15, -0.1) is 0 Å². The number of rotatable bonds is 1. The highest BCUT2D eigenvalue weighted by Gasteiger charge is 2.24. The third-order valence-electron chi connectivity index (χ3n) is 3.85. The summed E-state index contributed by atoms with van der Waals surface area (Å²) in [4.78, 5) is 27.3. The Morgan fingerprint density at radius 2 is 2.00 bits per heavy atom. The van der Waals surface area contributed by atoms with Gasteiger partial charge < -0.3 is 9.80 Å². The lowest BCUT2D eigenvalue weighted by molar-refractivity contribution is -0.117. The molecule has 1 aromatic rings. The number of hydrogen-bond acceptors (Lipinski definition) is 3. The van der Waals surface area contributed by atoms with Gasteiger partial charge in [-0.3, -0.25) is 9.59 Å². The van der Waals surface area contributed by atoms with Crippen LogP contribution in [0.2, 0.25) is 0 Å².